The Labute approximate surface area is 180 Å². The molecule has 1 heterocycles. The fourth-order valence-electron chi connectivity index (χ4n) is 3.09. The second-order valence-corrected chi connectivity index (χ2v) is 7.08. The van der Waals surface area contributed by atoms with Gasteiger partial charge in [-0.25, -0.2) is 0 Å². The van der Waals surface area contributed by atoms with Gasteiger partial charge in [0.1, 0.15) is 24.0 Å². The van der Waals surface area contributed by atoms with Gasteiger partial charge in [-0.3, -0.25) is 15.8 Å². The van der Waals surface area contributed by atoms with Gasteiger partial charge in [0, 0.05) is 35.1 Å². The fraction of sp³-hybridized carbons (Fsp3) is 0.174. The molecule has 3 aromatic rings. The Hall–Kier alpha value is -3.91. The van der Waals surface area contributed by atoms with Crippen LogP contribution < -0.4 is 21.5 Å². The van der Waals surface area contributed by atoms with E-state index in [1.54, 1.807) is 30.5 Å². The smallest absolute Gasteiger partial charge is 0.146 e. The predicted octanol–water partition coefficient (Wildman–Crippen LogP) is 2.64. The Kier molecular flexibility index (Phi) is 6.84. The van der Waals surface area contributed by atoms with E-state index in [9.17, 15) is 5.11 Å². The molecule has 0 aliphatic rings. The summed E-state index contributed by atoms with van der Waals surface area (Å²) in [6.07, 6.45) is 1.73. The summed E-state index contributed by atoms with van der Waals surface area (Å²) in [4.78, 5) is 4.42. The predicted molar refractivity (Wildman–Crippen MR) is 121 cm³/mol. The van der Waals surface area contributed by atoms with Crippen molar-refractivity contribution in [3.63, 3.8) is 0 Å². The maximum absolute atomic E-state index is 10.0. The van der Waals surface area contributed by atoms with Crippen LogP contribution in [0.25, 0.3) is 0 Å². The molecule has 8 nitrogen and oxygen atoms in total. The number of rotatable bonds is 9. The van der Waals surface area contributed by atoms with Gasteiger partial charge < -0.3 is 26.6 Å². The Morgan fingerprint density at radius 3 is 2.13 bits per heavy atom. The van der Waals surface area contributed by atoms with E-state index in [-0.39, 0.29) is 18.3 Å². The van der Waals surface area contributed by atoms with E-state index in [0.717, 1.165) is 16.8 Å². The van der Waals surface area contributed by atoms with E-state index >= 15 is 0 Å². The molecule has 1 aromatic heterocycles. The molecule has 0 fully saturated rings. The van der Waals surface area contributed by atoms with Gasteiger partial charge >= 0.3 is 0 Å². The lowest BCUT2D eigenvalue weighted by Gasteiger charge is -2.17. The summed E-state index contributed by atoms with van der Waals surface area (Å²) in [6, 6.07) is 14.5. The zero-order valence-electron chi connectivity index (χ0n) is 17.3. The van der Waals surface area contributed by atoms with Crippen molar-refractivity contribution in [2.75, 3.05) is 5.32 Å². The number of amidine groups is 2. The van der Waals surface area contributed by atoms with Crippen LogP contribution in [0.1, 0.15) is 33.5 Å². The SMILES string of the molecule is Cc1ncc(CNc2ccc(C(=N)N)cc2)c(CO)c1OCc1ccc(C(=N)N)cc1. The van der Waals surface area contributed by atoms with E-state index < -0.39 is 0 Å². The van der Waals surface area contributed by atoms with Gasteiger partial charge in [-0.15, -0.1) is 0 Å². The Balaban J connectivity index is 1.73. The van der Waals surface area contributed by atoms with E-state index in [1.165, 1.54) is 0 Å². The standard InChI is InChI=1S/C23H26N6O2/c1-14-21(31-13-15-2-4-16(5-3-15)22(24)25)20(12-30)18(10-28-14)11-29-19-8-6-17(7-9-19)23(26)27/h2-10,29-30H,11-13H2,1H3,(H3,24,25)(H3,26,27). The average molecular weight is 419 g/mol. The monoisotopic (exact) mass is 418 g/mol. The van der Waals surface area contributed by atoms with Crippen molar-refractivity contribution < 1.29 is 9.84 Å². The zero-order chi connectivity index (χ0) is 22.4. The molecule has 8 N–H and O–H groups in total. The van der Waals surface area contributed by atoms with Crippen molar-refractivity contribution in [3.05, 3.63) is 88.2 Å². The highest BCUT2D eigenvalue weighted by atomic mass is 16.5. The second-order valence-electron chi connectivity index (χ2n) is 7.08. The number of nitrogens with zero attached hydrogens (tertiary/aromatic N) is 1. The first-order valence-corrected chi connectivity index (χ1v) is 9.71. The number of nitrogen functional groups attached to an aromatic ring is 2. The first-order valence-electron chi connectivity index (χ1n) is 9.71. The van der Waals surface area contributed by atoms with Crippen LogP contribution in [0.5, 0.6) is 5.75 Å². The summed E-state index contributed by atoms with van der Waals surface area (Å²) in [7, 11) is 0. The molecular formula is C23H26N6O2. The van der Waals surface area contributed by atoms with Gasteiger partial charge in [0.15, 0.2) is 0 Å². The largest absolute Gasteiger partial charge is 0.487 e. The first-order chi connectivity index (χ1) is 14.9. The van der Waals surface area contributed by atoms with Crippen LogP contribution >= 0.6 is 0 Å². The molecule has 0 spiro atoms. The molecule has 0 atom stereocenters. The number of ether oxygens (including phenoxy) is 1. The number of anilines is 1. The van der Waals surface area contributed by atoms with E-state index in [2.05, 4.69) is 10.3 Å². The minimum Gasteiger partial charge on any atom is -0.487 e. The van der Waals surface area contributed by atoms with Gasteiger partial charge in [-0.1, -0.05) is 24.3 Å². The number of benzene rings is 2. The number of nitrogens with one attached hydrogen (secondary N) is 3. The highest BCUT2D eigenvalue weighted by Crippen LogP contribution is 2.27. The number of hydrogen-bond acceptors (Lipinski definition) is 6. The van der Waals surface area contributed by atoms with Crippen LogP contribution in [0.2, 0.25) is 0 Å². The molecule has 8 heteroatoms. The summed E-state index contributed by atoms with van der Waals surface area (Å²) in [5, 5.41) is 28.2. The molecule has 2 aromatic carbocycles. The molecule has 0 bridgehead atoms. The van der Waals surface area contributed by atoms with Gasteiger partial charge in [-0.2, -0.15) is 0 Å². The van der Waals surface area contributed by atoms with Crippen molar-refractivity contribution in [1.82, 2.24) is 4.98 Å². The first kappa shape index (κ1) is 21.8. The van der Waals surface area contributed by atoms with Crippen molar-refractivity contribution in [2.24, 2.45) is 11.5 Å². The molecular weight excluding hydrogens is 392 g/mol. The molecule has 0 saturated carbocycles. The summed E-state index contributed by atoms with van der Waals surface area (Å²) in [5.74, 6) is 0.602. The molecule has 0 aliphatic carbocycles. The third kappa shape index (κ3) is 5.37. The second kappa shape index (κ2) is 9.73. The Bertz CT molecular complexity index is 1080. The number of pyridine rings is 1. The number of aromatic nitrogens is 1. The van der Waals surface area contributed by atoms with Crippen molar-refractivity contribution in [1.29, 1.82) is 10.8 Å². The van der Waals surface area contributed by atoms with Crippen LogP contribution in [0.3, 0.4) is 0 Å². The van der Waals surface area contributed by atoms with Gasteiger partial charge in [0.2, 0.25) is 0 Å². The van der Waals surface area contributed by atoms with Crippen molar-refractivity contribution in [3.8, 4) is 5.75 Å². The summed E-state index contributed by atoms with van der Waals surface area (Å²) < 4.78 is 6.01. The van der Waals surface area contributed by atoms with Gasteiger partial charge in [0.05, 0.1) is 12.3 Å². The highest BCUT2D eigenvalue weighted by molar-refractivity contribution is 5.95. The summed E-state index contributed by atoms with van der Waals surface area (Å²) in [5.41, 5.74) is 16.3. The maximum Gasteiger partial charge on any atom is 0.146 e. The van der Waals surface area contributed by atoms with Crippen LogP contribution in [-0.4, -0.2) is 21.8 Å². The quantitative estimate of drug-likeness (QED) is 0.232. The fourth-order valence-corrected chi connectivity index (χ4v) is 3.09. The van der Waals surface area contributed by atoms with Crippen LogP contribution in [-0.2, 0) is 19.8 Å². The highest BCUT2D eigenvalue weighted by Gasteiger charge is 2.14. The maximum atomic E-state index is 10.0. The number of hydrogen-bond donors (Lipinski definition) is 6. The Morgan fingerprint density at radius 2 is 1.58 bits per heavy atom. The van der Waals surface area contributed by atoms with Crippen molar-refractivity contribution >= 4 is 17.4 Å². The minimum absolute atomic E-state index is 0.0196. The van der Waals surface area contributed by atoms with E-state index in [0.29, 0.717) is 41.3 Å². The molecule has 3 rings (SSSR count). The Morgan fingerprint density at radius 1 is 1.00 bits per heavy atom. The number of aliphatic hydroxyl groups is 1. The lowest BCUT2D eigenvalue weighted by Crippen LogP contribution is -2.11. The van der Waals surface area contributed by atoms with E-state index in [4.69, 9.17) is 27.0 Å². The van der Waals surface area contributed by atoms with Crippen LogP contribution in [0.15, 0.2) is 54.7 Å². The number of nitrogens with two attached hydrogens (primary N) is 2. The summed E-state index contributed by atoms with van der Waals surface area (Å²) in [6.45, 7) is 2.41. The topological polar surface area (TPSA) is 154 Å². The van der Waals surface area contributed by atoms with Crippen LogP contribution in [0, 0.1) is 17.7 Å². The third-order valence-corrected chi connectivity index (χ3v) is 4.89. The average Bonchev–Trinajstić information content (AvgIpc) is 2.77. The molecule has 0 unspecified atom stereocenters. The molecule has 0 amide bonds. The third-order valence-electron chi connectivity index (χ3n) is 4.89. The summed E-state index contributed by atoms with van der Waals surface area (Å²) >= 11 is 0. The zero-order valence-corrected chi connectivity index (χ0v) is 17.3. The molecule has 0 aliphatic heterocycles. The molecule has 0 saturated heterocycles. The number of aryl methyl sites for hydroxylation is 1. The van der Waals surface area contributed by atoms with E-state index in [1.807, 2.05) is 31.2 Å². The molecule has 160 valence electrons. The van der Waals surface area contributed by atoms with Gasteiger partial charge in [0.25, 0.3) is 0 Å². The molecule has 31 heavy (non-hydrogen) atoms. The normalized spacial score (nSPS) is 10.5. The van der Waals surface area contributed by atoms with Crippen molar-refractivity contribution in [2.45, 2.75) is 26.7 Å². The van der Waals surface area contributed by atoms with Gasteiger partial charge in [-0.05, 0) is 42.3 Å². The number of aliphatic hydroxyl groups excluding tert-OH is 1. The lowest BCUT2D eigenvalue weighted by molar-refractivity contribution is 0.256. The minimum atomic E-state index is -0.178. The lowest BCUT2D eigenvalue weighted by atomic mass is 10.1. The molecule has 0 radical (unpaired) electrons. The van der Waals surface area contributed by atoms with Crippen LogP contribution in [0.4, 0.5) is 5.69 Å².